The largest absolute Gasteiger partial charge is 0.310 e. The normalized spacial score (nSPS) is 13.0. The minimum absolute atomic E-state index is 0. The molecular weight excluding hydrogens is 1310 g/mol. The van der Waals surface area contributed by atoms with Crippen molar-refractivity contribution in [2.24, 2.45) is 0 Å². The van der Waals surface area contributed by atoms with Crippen molar-refractivity contribution in [1.82, 2.24) is 9.13 Å². The maximum absolute atomic E-state index is 3.58. The first kappa shape index (κ1) is 62.6. The summed E-state index contributed by atoms with van der Waals surface area (Å²) in [6.07, 6.45) is 0.994. The van der Waals surface area contributed by atoms with Crippen LogP contribution in [0, 0.1) is 0 Å². The third kappa shape index (κ3) is 10.8. The smallest absolute Gasteiger partial charge is 0.0742 e. The second-order valence-electron chi connectivity index (χ2n) is 26.7. The minimum atomic E-state index is -0.486. The highest BCUT2D eigenvalue weighted by molar-refractivity contribution is 9.10. The van der Waals surface area contributed by atoms with Gasteiger partial charge < -0.3 is 14.0 Å². The molecule has 0 atom stereocenters. The van der Waals surface area contributed by atoms with E-state index in [2.05, 4.69) is 442 Å². The third-order valence-corrected chi connectivity index (χ3v) is 21.6. The Hall–Kier alpha value is -12.6. The van der Waals surface area contributed by atoms with E-state index in [1.165, 1.54) is 139 Å². The average Bonchev–Trinajstić information content (AvgIpc) is 1.03. The molecule has 0 bridgehead atoms. The fourth-order valence-electron chi connectivity index (χ4n) is 16.8. The summed E-state index contributed by atoms with van der Waals surface area (Å²) in [6, 6.07) is 149. The number of rotatable bonds is 9. The van der Waals surface area contributed by atoms with Crippen LogP contribution in [0.5, 0.6) is 0 Å². The molecule has 0 N–H and O–H groups in total. The van der Waals surface area contributed by atoms with E-state index in [1.807, 2.05) is 0 Å². The topological polar surface area (TPSA) is 13.1 Å². The molecule has 20 rings (SSSR count). The number of nitrogens with zero attached hydrogens (tertiary/aromatic N) is 3. The van der Waals surface area contributed by atoms with Gasteiger partial charge in [0, 0.05) is 44.5 Å². The van der Waals surface area contributed by atoms with Crippen LogP contribution in [0.15, 0.2) is 417 Å². The van der Waals surface area contributed by atoms with E-state index < -0.39 is 5.41 Å². The Bertz CT molecular complexity index is 5860. The predicted molar refractivity (Wildman–Crippen MR) is 436 cm³/mol. The van der Waals surface area contributed by atoms with Crippen LogP contribution in [0.25, 0.3) is 77.2 Å². The molecule has 0 unspecified atom stereocenters. The molecule has 0 saturated heterocycles. The van der Waals surface area contributed by atoms with Crippen LogP contribution in [0.1, 0.15) is 57.1 Å². The fourth-order valence-corrected chi connectivity index (χ4v) is 17.2. The number of halogens is 1. The van der Waals surface area contributed by atoms with Gasteiger partial charge in [-0.2, -0.15) is 0 Å². The van der Waals surface area contributed by atoms with Crippen molar-refractivity contribution in [2.75, 3.05) is 4.90 Å². The Morgan fingerprint density at radius 3 is 0.893 bits per heavy atom. The van der Waals surface area contributed by atoms with Crippen molar-refractivity contribution >= 4 is 76.6 Å². The molecule has 0 spiro atoms. The van der Waals surface area contributed by atoms with Gasteiger partial charge in [-0.05, 0) is 169 Å². The highest BCUT2D eigenvalue weighted by atomic mass is 79.9. The van der Waals surface area contributed by atoms with Crippen molar-refractivity contribution in [3.05, 3.63) is 473 Å². The summed E-state index contributed by atoms with van der Waals surface area (Å²) >= 11 is 3.58. The second kappa shape index (κ2) is 26.8. The van der Waals surface area contributed by atoms with E-state index in [1.54, 1.807) is 0 Å². The van der Waals surface area contributed by atoms with Gasteiger partial charge in [0.25, 0.3) is 0 Å². The molecule has 490 valence electrons. The number of para-hydroxylation sites is 6. The molecule has 2 aliphatic rings. The van der Waals surface area contributed by atoms with Gasteiger partial charge in [-0.25, -0.2) is 0 Å². The lowest BCUT2D eigenvalue weighted by Gasteiger charge is -2.46. The molecule has 3 heterocycles. The van der Waals surface area contributed by atoms with E-state index in [9.17, 15) is 0 Å². The van der Waals surface area contributed by atoms with Crippen molar-refractivity contribution < 1.29 is 1.43 Å². The lowest BCUT2D eigenvalue weighted by molar-refractivity contribution is 0.703. The number of aromatic nitrogens is 2. The molecule has 0 radical (unpaired) electrons. The number of benzene rings is 16. The lowest BCUT2D eigenvalue weighted by atomic mass is 9.60. The standard InChI is InChI=1S/C49H34N2.C26H20.C24H16BrN.H2/c1-3-19-37(20-4-1)49(38-21-5-2-6-22-38)43-27-9-13-31-47(43)51(48-32-14-10-28-44(48)49)40-24-16-18-36(34-40)35-17-15-23-39(33-35)50-45-29-11-7-25-41(45)42-26-8-12-30-46(42)50;1-3-13-22(14-4-1)26(23-15-5-2-6-16-23)24-17-9-7-11-20(24)19-21-12-8-10-18-25(21)26;25-19-9-5-7-17(15-19)18-8-6-10-20(16-18)26-23-13-3-1-11-21(23)22-12-2-4-14-24(22)26;/h1-34H;1-18H,19H2;1-16H;1H/i;;;1+1. The maximum Gasteiger partial charge on any atom is 0.0742 e. The molecule has 3 nitrogen and oxygen atoms in total. The molecule has 0 amide bonds. The summed E-state index contributed by atoms with van der Waals surface area (Å²) in [5, 5.41) is 5.11. The van der Waals surface area contributed by atoms with Crippen molar-refractivity contribution in [1.29, 1.82) is 0 Å². The van der Waals surface area contributed by atoms with Gasteiger partial charge in [-0.3, -0.25) is 0 Å². The van der Waals surface area contributed by atoms with E-state index in [4.69, 9.17) is 0 Å². The Labute approximate surface area is 611 Å². The quantitative estimate of drug-likeness (QED) is 0.140. The molecule has 2 aromatic heterocycles. The van der Waals surface area contributed by atoms with Crippen molar-refractivity contribution in [3.8, 4) is 33.6 Å². The molecule has 1 aliphatic carbocycles. The van der Waals surface area contributed by atoms with Crippen molar-refractivity contribution in [3.63, 3.8) is 0 Å². The van der Waals surface area contributed by atoms with Gasteiger partial charge in [-0.1, -0.05) is 344 Å². The van der Waals surface area contributed by atoms with Crippen LogP contribution >= 0.6 is 15.9 Å². The van der Waals surface area contributed by atoms with Crippen LogP contribution in [-0.4, -0.2) is 9.13 Å². The van der Waals surface area contributed by atoms with Gasteiger partial charge in [0.1, 0.15) is 0 Å². The van der Waals surface area contributed by atoms with Crippen LogP contribution in [0.3, 0.4) is 0 Å². The van der Waals surface area contributed by atoms with Crippen LogP contribution < -0.4 is 4.90 Å². The van der Waals surface area contributed by atoms with E-state index in [0.29, 0.717) is 0 Å². The Kier molecular flexibility index (Phi) is 16.3. The molecule has 0 saturated carbocycles. The predicted octanol–water partition coefficient (Wildman–Crippen LogP) is 26.0. The number of hydrogen-bond acceptors (Lipinski definition) is 1. The maximum atomic E-state index is 3.58. The van der Waals surface area contributed by atoms with E-state index in [0.717, 1.165) is 22.3 Å². The van der Waals surface area contributed by atoms with Gasteiger partial charge in [0.15, 0.2) is 0 Å². The van der Waals surface area contributed by atoms with Crippen LogP contribution in [-0.2, 0) is 17.3 Å². The Balaban J connectivity index is 0.000000127. The molecule has 16 aromatic carbocycles. The zero-order valence-corrected chi connectivity index (χ0v) is 58.3. The first-order valence-corrected chi connectivity index (χ1v) is 36.2. The zero-order chi connectivity index (χ0) is 68.7. The molecule has 18 aromatic rings. The highest BCUT2D eigenvalue weighted by Gasteiger charge is 2.47. The summed E-state index contributed by atoms with van der Waals surface area (Å²) in [5.74, 6) is 0. The summed E-state index contributed by atoms with van der Waals surface area (Å²) in [7, 11) is 0. The van der Waals surface area contributed by atoms with Gasteiger partial charge >= 0.3 is 0 Å². The number of anilines is 3. The Morgan fingerprint density at radius 1 is 0.233 bits per heavy atom. The first-order valence-electron chi connectivity index (χ1n) is 35.5. The van der Waals surface area contributed by atoms with E-state index >= 15 is 0 Å². The Morgan fingerprint density at radius 2 is 0.515 bits per heavy atom. The number of hydrogen-bond donors (Lipinski definition) is 0. The van der Waals surface area contributed by atoms with Gasteiger partial charge in [0.05, 0.1) is 44.3 Å². The summed E-state index contributed by atoms with van der Waals surface area (Å²) in [5.41, 5.74) is 28.1. The summed E-state index contributed by atoms with van der Waals surface area (Å²) in [6.45, 7) is 0. The lowest BCUT2D eigenvalue weighted by Crippen LogP contribution is -2.37. The molecule has 1 aliphatic heterocycles. The second-order valence-corrected chi connectivity index (χ2v) is 27.6. The third-order valence-electron chi connectivity index (χ3n) is 21.1. The van der Waals surface area contributed by atoms with Crippen LogP contribution in [0.4, 0.5) is 17.1 Å². The summed E-state index contributed by atoms with van der Waals surface area (Å²) < 4.78 is 5.84. The molecular formula is C99H72BrN3. The first-order chi connectivity index (χ1) is 51.0. The zero-order valence-electron chi connectivity index (χ0n) is 56.7. The highest BCUT2D eigenvalue weighted by Crippen LogP contribution is 2.58. The molecule has 103 heavy (non-hydrogen) atoms. The van der Waals surface area contributed by atoms with Gasteiger partial charge in [0.2, 0.25) is 0 Å². The number of fused-ring (bicyclic) bond motifs is 10. The average molecular weight is 1380 g/mol. The van der Waals surface area contributed by atoms with Crippen LogP contribution in [0.2, 0.25) is 0 Å². The van der Waals surface area contributed by atoms with E-state index in [-0.39, 0.29) is 6.84 Å². The fraction of sp³-hybridized carbons (Fsp3) is 0.0303. The monoisotopic (exact) mass is 1380 g/mol. The minimum Gasteiger partial charge on any atom is -0.310 e. The SMILES string of the molecule is Brc1cccc(-c2cccc(-n3c4ccccc4c4ccccc43)c2)c1.[2HH].c1ccc(C2(c3ccccc3)c3ccccc3Cc3ccccc32)cc1.c1ccc(C2(c3ccccc3)c3ccccc3N(c3cccc(-c4cccc(-n5c6ccccc6c6ccccc65)c4)c3)c3ccccc32)cc1. The van der Waals surface area contributed by atoms with Crippen molar-refractivity contribution in [2.45, 2.75) is 17.3 Å². The molecule has 4 heteroatoms. The van der Waals surface area contributed by atoms with Gasteiger partial charge in [-0.15, -0.1) is 0 Å². The molecule has 0 fully saturated rings. The summed E-state index contributed by atoms with van der Waals surface area (Å²) in [4.78, 5) is 2.45.